The lowest BCUT2D eigenvalue weighted by Crippen LogP contribution is -2.55. The summed E-state index contributed by atoms with van der Waals surface area (Å²) in [4.78, 5) is 46.7. The molecule has 31 heavy (non-hydrogen) atoms. The number of carbonyl (C=O) groups excluding carboxylic acids is 2. The number of amides is 2. The number of rotatable bonds is 10. The standard InChI is InChI=1S/C20H24N6O4S/c21-14(6-12-8-22-10-24-12)18(27)25-16(19(28)26-17(9-31)20(29)30)5-11-7-23-15-4-2-1-3-13(11)15/h1-4,7-8,10,14,16-17,23,31H,5-6,9,21H2,(H,22,24)(H,25,27)(H,26,28)(H,29,30)/t14-,16-,17-/m0/s1. The molecular formula is C20H24N6O4S. The van der Waals surface area contributed by atoms with E-state index in [1.165, 1.54) is 6.33 Å². The molecule has 2 aromatic heterocycles. The van der Waals surface area contributed by atoms with Gasteiger partial charge in [0, 0.05) is 47.6 Å². The van der Waals surface area contributed by atoms with Crippen LogP contribution in [0.1, 0.15) is 11.3 Å². The molecule has 0 radical (unpaired) electrons. The van der Waals surface area contributed by atoms with Gasteiger partial charge in [0.05, 0.1) is 12.4 Å². The Morgan fingerprint density at radius 1 is 1.10 bits per heavy atom. The molecule has 10 nitrogen and oxygen atoms in total. The molecular weight excluding hydrogens is 420 g/mol. The van der Waals surface area contributed by atoms with Crippen molar-refractivity contribution in [3.8, 4) is 0 Å². The molecule has 0 unspecified atom stereocenters. The highest BCUT2D eigenvalue weighted by Gasteiger charge is 2.28. The van der Waals surface area contributed by atoms with Crippen molar-refractivity contribution in [2.75, 3.05) is 5.75 Å². The van der Waals surface area contributed by atoms with Crippen molar-refractivity contribution in [2.24, 2.45) is 5.73 Å². The van der Waals surface area contributed by atoms with Crippen LogP contribution in [0.3, 0.4) is 0 Å². The molecule has 0 saturated carbocycles. The number of hydrogen-bond donors (Lipinski definition) is 7. The number of para-hydroxylation sites is 1. The molecule has 0 aliphatic carbocycles. The molecule has 0 spiro atoms. The predicted molar refractivity (Wildman–Crippen MR) is 118 cm³/mol. The summed E-state index contributed by atoms with van der Waals surface area (Å²) in [6.45, 7) is 0. The second-order valence-electron chi connectivity index (χ2n) is 7.09. The molecule has 1 aromatic carbocycles. The summed E-state index contributed by atoms with van der Waals surface area (Å²) in [6, 6.07) is 4.42. The minimum atomic E-state index is -1.21. The van der Waals surface area contributed by atoms with Crippen LogP contribution in [0.5, 0.6) is 0 Å². The zero-order valence-corrected chi connectivity index (χ0v) is 17.4. The van der Waals surface area contributed by atoms with Gasteiger partial charge in [0.1, 0.15) is 12.1 Å². The normalized spacial score (nSPS) is 14.0. The molecule has 2 amide bonds. The number of H-pyrrole nitrogens is 2. The summed E-state index contributed by atoms with van der Waals surface area (Å²) in [7, 11) is 0. The third-order valence-corrected chi connectivity index (χ3v) is 5.23. The van der Waals surface area contributed by atoms with E-state index in [2.05, 4.69) is 38.2 Å². The average Bonchev–Trinajstić information content (AvgIpc) is 3.41. The summed E-state index contributed by atoms with van der Waals surface area (Å²) >= 11 is 3.97. The van der Waals surface area contributed by atoms with E-state index in [1.807, 2.05) is 24.3 Å². The summed E-state index contributed by atoms with van der Waals surface area (Å²) in [5.74, 6) is -2.47. The van der Waals surface area contributed by atoms with Crippen molar-refractivity contribution in [1.82, 2.24) is 25.6 Å². The Hall–Kier alpha value is -3.31. The van der Waals surface area contributed by atoms with Gasteiger partial charge < -0.3 is 31.4 Å². The Balaban J connectivity index is 1.78. The van der Waals surface area contributed by atoms with Crippen LogP contribution in [0.4, 0.5) is 0 Å². The monoisotopic (exact) mass is 444 g/mol. The Labute approximate surface area is 183 Å². The second kappa shape index (κ2) is 10.1. The molecule has 0 aliphatic rings. The van der Waals surface area contributed by atoms with E-state index in [4.69, 9.17) is 5.73 Å². The van der Waals surface area contributed by atoms with Crippen molar-refractivity contribution in [3.05, 3.63) is 54.2 Å². The van der Waals surface area contributed by atoms with Gasteiger partial charge in [-0.15, -0.1) is 0 Å². The van der Waals surface area contributed by atoms with Gasteiger partial charge in [0.15, 0.2) is 0 Å². The lowest BCUT2D eigenvalue weighted by atomic mass is 10.0. The maximum Gasteiger partial charge on any atom is 0.327 e. The first-order valence-corrected chi connectivity index (χ1v) is 10.2. The van der Waals surface area contributed by atoms with E-state index >= 15 is 0 Å². The molecule has 0 bridgehead atoms. The van der Waals surface area contributed by atoms with Gasteiger partial charge in [0.25, 0.3) is 0 Å². The topological polar surface area (TPSA) is 166 Å². The van der Waals surface area contributed by atoms with E-state index in [1.54, 1.807) is 12.4 Å². The number of aliphatic carboxylic acids is 1. The van der Waals surface area contributed by atoms with E-state index in [-0.39, 0.29) is 18.6 Å². The fourth-order valence-electron chi connectivity index (χ4n) is 3.19. The Morgan fingerprint density at radius 3 is 2.52 bits per heavy atom. The fraction of sp³-hybridized carbons (Fsp3) is 0.300. The van der Waals surface area contributed by atoms with Crippen LogP contribution in [-0.2, 0) is 27.2 Å². The summed E-state index contributed by atoms with van der Waals surface area (Å²) in [5.41, 5.74) is 8.36. The maximum absolute atomic E-state index is 12.9. The summed E-state index contributed by atoms with van der Waals surface area (Å²) < 4.78 is 0. The maximum atomic E-state index is 12.9. The number of nitrogens with zero attached hydrogens (tertiary/aromatic N) is 1. The first-order valence-electron chi connectivity index (χ1n) is 9.61. The molecule has 7 N–H and O–H groups in total. The van der Waals surface area contributed by atoms with Gasteiger partial charge in [-0.3, -0.25) is 9.59 Å². The van der Waals surface area contributed by atoms with Crippen molar-refractivity contribution in [2.45, 2.75) is 31.0 Å². The summed E-state index contributed by atoms with van der Waals surface area (Å²) in [6.07, 6.45) is 5.16. The number of hydrogen-bond acceptors (Lipinski definition) is 6. The van der Waals surface area contributed by atoms with Crippen LogP contribution in [0.25, 0.3) is 10.9 Å². The Morgan fingerprint density at radius 2 is 1.84 bits per heavy atom. The number of carbonyl (C=O) groups is 3. The lowest BCUT2D eigenvalue weighted by molar-refractivity contribution is -0.141. The predicted octanol–water partition coefficient (Wildman–Crippen LogP) is -0.0125. The molecule has 3 atom stereocenters. The number of imidazole rings is 1. The van der Waals surface area contributed by atoms with Crippen molar-refractivity contribution in [3.63, 3.8) is 0 Å². The quantitative estimate of drug-likeness (QED) is 0.217. The zero-order chi connectivity index (χ0) is 22.4. The van der Waals surface area contributed by atoms with Crippen LogP contribution in [0, 0.1) is 0 Å². The average molecular weight is 445 g/mol. The number of aromatic nitrogens is 3. The van der Waals surface area contributed by atoms with Crippen LogP contribution in [-0.4, -0.2) is 61.7 Å². The van der Waals surface area contributed by atoms with Gasteiger partial charge >= 0.3 is 5.97 Å². The number of nitrogens with one attached hydrogen (secondary N) is 4. The van der Waals surface area contributed by atoms with Gasteiger partial charge in [-0.1, -0.05) is 18.2 Å². The molecule has 3 aromatic rings. The first-order chi connectivity index (χ1) is 14.9. The van der Waals surface area contributed by atoms with Gasteiger partial charge in [-0.25, -0.2) is 9.78 Å². The minimum absolute atomic E-state index is 0.0891. The molecule has 11 heteroatoms. The second-order valence-corrected chi connectivity index (χ2v) is 7.46. The molecule has 2 heterocycles. The number of aromatic amines is 2. The van der Waals surface area contributed by atoms with Crippen molar-refractivity contribution < 1.29 is 19.5 Å². The van der Waals surface area contributed by atoms with E-state index in [0.717, 1.165) is 16.5 Å². The number of benzene rings is 1. The number of nitrogens with two attached hydrogens (primary N) is 1. The zero-order valence-electron chi connectivity index (χ0n) is 16.5. The van der Waals surface area contributed by atoms with E-state index in [0.29, 0.717) is 5.69 Å². The minimum Gasteiger partial charge on any atom is -0.480 e. The number of thiol groups is 1. The van der Waals surface area contributed by atoms with Crippen LogP contribution >= 0.6 is 12.6 Å². The SMILES string of the molecule is N[C@@H](Cc1cnc[nH]1)C(=O)N[C@@H](Cc1c[nH]c2ccccc12)C(=O)N[C@@H](CS)C(=O)O. The van der Waals surface area contributed by atoms with Gasteiger partial charge in [-0.2, -0.15) is 12.6 Å². The summed E-state index contributed by atoms with van der Waals surface area (Å²) in [5, 5.41) is 15.2. The van der Waals surface area contributed by atoms with Crippen LogP contribution in [0.15, 0.2) is 43.0 Å². The van der Waals surface area contributed by atoms with Gasteiger partial charge in [-0.05, 0) is 11.6 Å². The lowest BCUT2D eigenvalue weighted by Gasteiger charge is -2.22. The van der Waals surface area contributed by atoms with E-state index < -0.39 is 35.9 Å². The smallest absolute Gasteiger partial charge is 0.327 e. The molecule has 0 fully saturated rings. The van der Waals surface area contributed by atoms with Gasteiger partial charge in [0.2, 0.25) is 11.8 Å². The third kappa shape index (κ3) is 5.64. The highest BCUT2D eigenvalue weighted by Crippen LogP contribution is 2.19. The van der Waals surface area contributed by atoms with Crippen molar-refractivity contribution >= 4 is 41.3 Å². The first kappa shape index (κ1) is 22.4. The fourth-order valence-corrected chi connectivity index (χ4v) is 3.44. The number of fused-ring (bicyclic) bond motifs is 1. The highest BCUT2D eigenvalue weighted by molar-refractivity contribution is 7.80. The Bertz CT molecular complexity index is 1050. The third-order valence-electron chi connectivity index (χ3n) is 4.86. The molecule has 3 rings (SSSR count). The highest BCUT2D eigenvalue weighted by atomic mass is 32.1. The van der Waals surface area contributed by atoms with Crippen LogP contribution in [0.2, 0.25) is 0 Å². The molecule has 0 saturated heterocycles. The largest absolute Gasteiger partial charge is 0.480 e. The van der Waals surface area contributed by atoms with Crippen molar-refractivity contribution in [1.29, 1.82) is 0 Å². The van der Waals surface area contributed by atoms with E-state index in [9.17, 15) is 19.5 Å². The Kier molecular flexibility index (Phi) is 7.32. The number of carboxylic acid groups (broad SMARTS) is 1. The molecule has 164 valence electrons. The molecule has 0 aliphatic heterocycles. The van der Waals surface area contributed by atoms with Crippen LogP contribution < -0.4 is 16.4 Å². The number of carboxylic acids is 1.